The number of aryl methyl sites for hydroxylation is 1. The van der Waals surface area contributed by atoms with Crippen LogP contribution in [0.5, 0.6) is 0 Å². The minimum atomic E-state index is -0.258. The second-order valence-electron chi connectivity index (χ2n) is 9.32. The number of rotatable bonds is 3. The highest BCUT2D eigenvalue weighted by molar-refractivity contribution is 6.04. The van der Waals surface area contributed by atoms with Crippen LogP contribution in [-0.4, -0.2) is 66.9 Å². The van der Waals surface area contributed by atoms with Gasteiger partial charge in [0.15, 0.2) is 0 Å². The van der Waals surface area contributed by atoms with Crippen molar-refractivity contribution < 1.29 is 9.18 Å². The Balaban J connectivity index is 1.28. The van der Waals surface area contributed by atoms with Gasteiger partial charge in [0.05, 0.1) is 17.8 Å². The van der Waals surface area contributed by atoms with Crippen LogP contribution in [0.2, 0.25) is 0 Å². The van der Waals surface area contributed by atoms with E-state index >= 15 is 0 Å². The molecule has 2 aromatic carbocycles. The Bertz CT molecular complexity index is 1020. The summed E-state index contributed by atoms with van der Waals surface area (Å²) in [5, 5.41) is 7.86. The van der Waals surface area contributed by atoms with Gasteiger partial charge in [-0.15, -0.1) is 0 Å². The molecule has 0 aliphatic carbocycles. The van der Waals surface area contributed by atoms with Gasteiger partial charge in [0.2, 0.25) is 0 Å². The minimum Gasteiger partial charge on any atom is -0.333 e. The number of halogens is 1. The van der Waals surface area contributed by atoms with E-state index in [1.165, 1.54) is 23.3 Å². The maximum Gasteiger partial charge on any atom is 0.317 e. The van der Waals surface area contributed by atoms with Crippen LogP contribution < -0.4 is 10.7 Å². The van der Waals surface area contributed by atoms with Gasteiger partial charge in [0, 0.05) is 38.0 Å². The third-order valence-electron chi connectivity index (χ3n) is 7.14. The molecular weight excluding hydrogens is 405 g/mol. The standard InChI is InChI=1S/C25H30FN5O/c1-16-5-3-4-6-19(16)20-13-30(2)15-23(20)27-25(32)31-12-11-22-21(14-31)24(29-28-22)17-7-9-18(26)10-8-17/h3-10,20-23,28H,11-15H2,1-2H3,(H,27,32). The number of hydrogen-bond donors (Lipinski definition) is 2. The number of fused-ring (bicyclic) bond motifs is 1. The van der Waals surface area contributed by atoms with Crippen LogP contribution in [-0.2, 0) is 0 Å². The quantitative estimate of drug-likeness (QED) is 0.780. The normalized spacial score (nSPS) is 27.6. The number of hydrogen-bond acceptors (Lipinski definition) is 4. The van der Waals surface area contributed by atoms with Gasteiger partial charge in [-0.2, -0.15) is 5.10 Å². The van der Waals surface area contributed by atoms with Crippen molar-refractivity contribution in [2.45, 2.75) is 31.3 Å². The van der Waals surface area contributed by atoms with Gasteiger partial charge >= 0.3 is 6.03 Å². The minimum absolute atomic E-state index is 0.00677. The van der Waals surface area contributed by atoms with E-state index < -0.39 is 0 Å². The molecule has 5 rings (SSSR count). The predicted octanol–water partition coefficient (Wildman–Crippen LogP) is 2.94. The number of benzene rings is 2. The van der Waals surface area contributed by atoms with Crippen molar-refractivity contribution in [1.82, 2.24) is 20.5 Å². The third-order valence-corrected chi connectivity index (χ3v) is 7.14. The highest BCUT2D eigenvalue weighted by Crippen LogP contribution is 2.30. The Kier molecular flexibility index (Phi) is 5.59. The van der Waals surface area contributed by atoms with Crippen LogP contribution in [0.25, 0.3) is 0 Å². The molecule has 168 valence electrons. The molecule has 3 aliphatic rings. The van der Waals surface area contributed by atoms with Crippen molar-refractivity contribution in [3.63, 3.8) is 0 Å². The van der Waals surface area contributed by atoms with Crippen LogP contribution in [0.1, 0.15) is 29.0 Å². The Morgan fingerprint density at radius 3 is 2.66 bits per heavy atom. The fourth-order valence-electron chi connectivity index (χ4n) is 5.42. The number of piperidine rings is 1. The zero-order chi connectivity index (χ0) is 22.2. The van der Waals surface area contributed by atoms with Crippen molar-refractivity contribution in [3.8, 4) is 0 Å². The van der Waals surface area contributed by atoms with E-state index in [-0.39, 0.29) is 35.8 Å². The Hall–Kier alpha value is -2.93. The van der Waals surface area contributed by atoms with Gasteiger partial charge in [-0.25, -0.2) is 9.18 Å². The summed E-state index contributed by atoms with van der Waals surface area (Å²) >= 11 is 0. The molecular formula is C25H30FN5O. The zero-order valence-corrected chi connectivity index (χ0v) is 18.6. The number of carbonyl (C=O) groups is 1. The molecule has 0 saturated carbocycles. The maximum atomic E-state index is 13.4. The maximum absolute atomic E-state index is 13.4. The summed E-state index contributed by atoms with van der Waals surface area (Å²) in [6, 6.07) is 15.2. The molecule has 2 aromatic rings. The molecule has 6 nitrogen and oxygen atoms in total. The van der Waals surface area contributed by atoms with E-state index in [4.69, 9.17) is 0 Å². The Morgan fingerprint density at radius 2 is 1.88 bits per heavy atom. The average Bonchev–Trinajstić information content (AvgIpc) is 3.37. The van der Waals surface area contributed by atoms with E-state index in [0.29, 0.717) is 13.1 Å². The highest BCUT2D eigenvalue weighted by atomic mass is 19.1. The number of amides is 2. The second-order valence-corrected chi connectivity index (χ2v) is 9.32. The lowest BCUT2D eigenvalue weighted by atomic mass is 9.86. The number of likely N-dealkylation sites (N-methyl/N-ethyl adjacent to an activating group) is 1. The molecule has 3 aliphatic heterocycles. The van der Waals surface area contributed by atoms with Gasteiger partial charge in [-0.3, -0.25) is 0 Å². The van der Waals surface area contributed by atoms with Gasteiger partial charge in [0.1, 0.15) is 5.82 Å². The summed E-state index contributed by atoms with van der Waals surface area (Å²) < 4.78 is 13.4. The molecule has 32 heavy (non-hydrogen) atoms. The molecule has 2 saturated heterocycles. The van der Waals surface area contributed by atoms with Crippen molar-refractivity contribution in [2.75, 3.05) is 33.2 Å². The number of hydrazone groups is 1. The third kappa shape index (κ3) is 3.97. The topological polar surface area (TPSA) is 60.0 Å². The first-order valence-electron chi connectivity index (χ1n) is 11.4. The summed E-state index contributed by atoms with van der Waals surface area (Å²) in [6.45, 7) is 5.22. The number of urea groups is 1. The SMILES string of the molecule is Cc1ccccc1C1CN(C)CC1NC(=O)N1CCC2NN=C(c3ccc(F)cc3)C2C1. The monoisotopic (exact) mass is 435 g/mol. The van der Waals surface area contributed by atoms with Gasteiger partial charge < -0.3 is 20.5 Å². The van der Waals surface area contributed by atoms with Crippen molar-refractivity contribution >= 4 is 11.7 Å². The molecule has 4 atom stereocenters. The summed E-state index contributed by atoms with van der Waals surface area (Å²) in [4.78, 5) is 17.5. The van der Waals surface area contributed by atoms with Crippen LogP contribution in [0.4, 0.5) is 9.18 Å². The largest absolute Gasteiger partial charge is 0.333 e. The molecule has 0 radical (unpaired) electrons. The van der Waals surface area contributed by atoms with E-state index in [1.54, 1.807) is 12.1 Å². The van der Waals surface area contributed by atoms with Crippen LogP contribution in [0.3, 0.4) is 0 Å². The molecule has 7 heteroatoms. The molecule has 0 bridgehead atoms. The van der Waals surface area contributed by atoms with Gasteiger partial charge in [-0.1, -0.05) is 36.4 Å². The molecule has 2 fully saturated rings. The Labute approximate surface area is 188 Å². The van der Waals surface area contributed by atoms with Crippen LogP contribution in [0.15, 0.2) is 53.6 Å². The van der Waals surface area contributed by atoms with Crippen molar-refractivity contribution in [3.05, 3.63) is 71.0 Å². The number of likely N-dealkylation sites (tertiary alicyclic amines) is 2. The Morgan fingerprint density at radius 1 is 1.09 bits per heavy atom. The molecule has 0 aromatic heterocycles. The van der Waals surface area contributed by atoms with E-state index in [1.807, 2.05) is 4.90 Å². The highest BCUT2D eigenvalue weighted by Gasteiger charge is 2.40. The van der Waals surface area contributed by atoms with E-state index in [2.05, 4.69) is 59.0 Å². The molecule has 3 heterocycles. The number of nitrogens with zero attached hydrogens (tertiary/aromatic N) is 3. The summed E-state index contributed by atoms with van der Waals surface area (Å²) in [5.74, 6) is 0.136. The van der Waals surface area contributed by atoms with E-state index in [0.717, 1.165) is 30.8 Å². The molecule has 2 N–H and O–H groups in total. The zero-order valence-electron chi connectivity index (χ0n) is 18.6. The molecule has 2 amide bonds. The summed E-state index contributed by atoms with van der Waals surface area (Å²) in [5.41, 5.74) is 7.62. The number of carbonyl (C=O) groups excluding carboxylic acids is 1. The van der Waals surface area contributed by atoms with Crippen LogP contribution >= 0.6 is 0 Å². The van der Waals surface area contributed by atoms with Crippen molar-refractivity contribution in [2.24, 2.45) is 11.0 Å². The van der Waals surface area contributed by atoms with E-state index in [9.17, 15) is 9.18 Å². The molecule has 4 unspecified atom stereocenters. The van der Waals surface area contributed by atoms with Crippen LogP contribution in [0, 0.1) is 18.7 Å². The molecule has 0 spiro atoms. The summed E-state index contributed by atoms with van der Waals surface area (Å²) in [7, 11) is 2.11. The lowest BCUT2D eigenvalue weighted by molar-refractivity contribution is 0.165. The number of nitrogens with one attached hydrogen (secondary N) is 2. The lowest BCUT2D eigenvalue weighted by Gasteiger charge is -2.36. The fraction of sp³-hybridized carbons (Fsp3) is 0.440. The second kappa shape index (κ2) is 8.54. The average molecular weight is 436 g/mol. The first kappa shape index (κ1) is 20.9. The van der Waals surface area contributed by atoms with Gasteiger partial charge in [-0.05, 0) is 49.2 Å². The smallest absolute Gasteiger partial charge is 0.317 e. The van der Waals surface area contributed by atoms with Crippen molar-refractivity contribution in [1.29, 1.82) is 0 Å². The first-order chi connectivity index (χ1) is 15.5. The first-order valence-corrected chi connectivity index (χ1v) is 11.4. The lowest BCUT2D eigenvalue weighted by Crippen LogP contribution is -2.54. The fourth-order valence-corrected chi connectivity index (χ4v) is 5.42. The summed E-state index contributed by atoms with van der Waals surface area (Å²) in [6.07, 6.45) is 0.845. The van der Waals surface area contributed by atoms with Gasteiger partial charge in [0.25, 0.3) is 0 Å². The predicted molar refractivity (Wildman–Crippen MR) is 123 cm³/mol.